The highest BCUT2D eigenvalue weighted by molar-refractivity contribution is 5.00. The Bertz CT molecular complexity index is 186. The van der Waals surface area contributed by atoms with Gasteiger partial charge in [0.15, 0.2) is 0 Å². The largest absolute Gasteiger partial charge is 0.327 e. The molecule has 3 aliphatic rings. The van der Waals surface area contributed by atoms with Gasteiger partial charge >= 0.3 is 0 Å². The molecule has 2 bridgehead atoms. The third-order valence-electron chi connectivity index (χ3n) is 3.90. The van der Waals surface area contributed by atoms with E-state index < -0.39 is 0 Å². The SMILES string of the molecule is NC1CC2CC1CN2CC1CC1. The zero-order valence-corrected chi connectivity index (χ0v) is 7.58. The molecule has 0 spiro atoms. The number of hydrogen-bond acceptors (Lipinski definition) is 2. The van der Waals surface area contributed by atoms with Gasteiger partial charge in [0.05, 0.1) is 0 Å². The molecule has 0 aromatic rings. The van der Waals surface area contributed by atoms with Gasteiger partial charge in [0.25, 0.3) is 0 Å². The number of likely N-dealkylation sites (tertiary alicyclic amines) is 1. The average molecular weight is 166 g/mol. The lowest BCUT2D eigenvalue weighted by molar-refractivity contribution is 0.193. The predicted octanol–water partition coefficient (Wildman–Crippen LogP) is 0.818. The molecule has 1 saturated heterocycles. The summed E-state index contributed by atoms with van der Waals surface area (Å²) in [5, 5.41) is 0. The normalized spacial score (nSPS) is 47.2. The van der Waals surface area contributed by atoms with Crippen LogP contribution < -0.4 is 5.73 Å². The number of piperidine rings is 1. The maximum absolute atomic E-state index is 6.00. The van der Waals surface area contributed by atoms with Crippen molar-refractivity contribution in [3.8, 4) is 0 Å². The first kappa shape index (κ1) is 7.34. The molecule has 2 heteroatoms. The molecule has 1 heterocycles. The molecule has 3 rings (SSSR count). The van der Waals surface area contributed by atoms with Crippen LogP contribution in [0.25, 0.3) is 0 Å². The van der Waals surface area contributed by atoms with Gasteiger partial charge in [-0.1, -0.05) is 0 Å². The van der Waals surface area contributed by atoms with Crippen molar-refractivity contribution in [2.45, 2.75) is 37.8 Å². The van der Waals surface area contributed by atoms with E-state index in [4.69, 9.17) is 5.73 Å². The van der Waals surface area contributed by atoms with E-state index in [2.05, 4.69) is 4.90 Å². The highest BCUT2D eigenvalue weighted by Gasteiger charge is 2.43. The molecule has 68 valence electrons. The van der Waals surface area contributed by atoms with Crippen LogP contribution in [0.2, 0.25) is 0 Å². The topological polar surface area (TPSA) is 29.3 Å². The molecule has 0 radical (unpaired) electrons. The van der Waals surface area contributed by atoms with Gasteiger partial charge in [0.1, 0.15) is 0 Å². The van der Waals surface area contributed by atoms with Crippen LogP contribution in [-0.2, 0) is 0 Å². The fourth-order valence-corrected chi connectivity index (χ4v) is 2.94. The minimum atomic E-state index is 0.533. The Morgan fingerprint density at radius 3 is 2.58 bits per heavy atom. The smallest absolute Gasteiger partial charge is 0.0114 e. The van der Waals surface area contributed by atoms with Crippen molar-refractivity contribution in [1.82, 2.24) is 4.90 Å². The Morgan fingerprint density at radius 1 is 1.25 bits per heavy atom. The van der Waals surface area contributed by atoms with Crippen molar-refractivity contribution >= 4 is 0 Å². The van der Waals surface area contributed by atoms with Crippen LogP contribution in [0.15, 0.2) is 0 Å². The van der Waals surface area contributed by atoms with Crippen molar-refractivity contribution < 1.29 is 0 Å². The van der Waals surface area contributed by atoms with E-state index in [1.54, 1.807) is 0 Å². The maximum Gasteiger partial charge on any atom is 0.0114 e. The van der Waals surface area contributed by atoms with Crippen LogP contribution in [0.3, 0.4) is 0 Å². The van der Waals surface area contributed by atoms with Crippen LogP contribution in [0.4, 0.5) is 0 Å². The summed E-state index contributed by atoms with van der Waals surface area (Å²) in [6, 6.07) is 1.40. The van der Waals surface area contributed by atoms with Crippen molar-refractivity contribution in [3.63, 3.8) is 0 Å². The molecule has 3 unspecified atom stereocenters. The summed E-state index contributed by atoms with van der Waals surface area (Å²) in [6.07, 6.45) is 5.64. The summed E-state index contributed by atoms with van der Waals surface area (Å²) in [6.45, 7) is 2.69. The van der Waals surface area contributed by atoms with Crippen LogP contribution in [-0.4, -0.2) is 30.1 Å². The highest BCUT2D eigenvalue weighted by Crippen LogP contribution is 2.40. The zero-order chi connectivity index (χ0) is 8.13. The molecule has 0 aromatic heterocycles. The molecule has 3 fully saturated rings. The van der Waals surface area contributed by atoms with E-state index in [9.17, 15) is 0 Å². The molecule has 2 nitrogen and oxygen atoms in total. The number of hydrogen-bond donors (Lipinski definition) is 1. The van der Waals surface area contributed by atoms with Crippen LogP contribution in [0.1, 0.15) is 25.7 Å². The molecule has 2 saturated carbocycles. The lowest BCUT2D eigenvalue weighted by atomic mass is 10.0. The first-order valence-electron chi connectivity index (χ1n) is 5.32. The molecule has 12 heavy (non-hydrogen) atoms. The number of fused-ring (bicyclic) bond motifs is 2. The number of nitrogens with zero attached hydrogens (tertiary/aromatic N) is 1. The number of nitrogens with two attached hydrogens (primary N) is 1. The summed E-state index contributed by atoms with van der Waals surface area (Å²) in [5.41, 5.74) is 6.00. The van der Waals surface area contributed by atoms with Gasteiger partial charge in [0, 0.05) is 25.2 Å². The van der Waals surface area contributed by atoms with Crippen LogP contribution >= 0.6 is 0 Å². The second-order valence-electron chi connectivity index (χ2n) is 4.95. The standard InChI is InChI=1S/C10H18N2/c11-10-4-9-3-8(10)6-12(9)5-7-1-2-7/h7-10H,1-6,11H2. The zero-order valence-electron chi connectivity index (χ0n) is 7.58. The molecule has 2 N–H and O–H groups in total. The minimum absolute atomic E-state index is 0.533. The van der Waals surface area contributed by atoms with Gasteiger partial charge in [-0.05, 0) is 37.5 Å². The Labute approximate surface area is 74.1 Å². The van der Waals surface area contributed by atoms with Crippen molar-refractivity contribution in [2.24, 2.45) is 17.6 Å². The lowest BCUT2D eigenvalue weighted by Gasteiger charge is -2.29. The Kier molecular flexibility index (Phi) is 1.50. The summed E-state index contributed by atoms with van der Waals surface area (Å²) in [4.78, 5) is 2.70. The van der Waals surface area contributed by atoms with E-state index >= 15 is 0 Å². The summed E-state index contributed by atoms with van der Waals surface area (Å²) in [5.74, 6) is 1.90. The van der Waals surface area contributed by atoms with E-state index in [0.717, 1.165) is 17.9 Å². The fourth-order valence-electron chi connectivity index (χ4n) is 2.94. The third kappa shape index (κ3) is 1.09. The lowest BCUT2D eigenvalue weighted by Crippen LogP contribution is -2.41. The second-order valence-corrected chi connectivity index (χ2v) is 4.95. The van der Waals surface area contributed by atoms with E-state index in [1.807, 2.05) is 0 Å². The van der Waals surface area contributed by atoms with Crippen LogP contribution in [0, 0.1) is 11.8 Å². The molecule has 1 aliphatic heterocycles. The summed E-state index contributed by atoms with van der Waals surface area (Å²) < 4.78 is 0. The van der Waals surface area contributed by atoms with E-state index in [0.29, 0.717) is 6.04 Å². The molecule has 3 atom stereocenters. The maximum atomic E-state index is 6.00. The highest BCUT2D eigenvalue weighted by atomic mass is 15.2. The van der Waals surface area contributed by atoms with Gasteiger partial charge in [-0.15, -0.1) is 0 Å². The molecule has 0 amide bonds. The van der Waals surface area contributed by atoms with Gasteiger partial charge < -0.3 is 5.73 Å². The fraction of sp³-hybridized carbons (Fsp3) is 1.00. The average Bonchev–Trinajstić information content (AvgIpc) is 2.65. The third-order valence-corrected chi connectivity index (χ3v) is 3.90. The molecule has 2 aliphatic carbocycles. The summed E-state index contributed by atoms with van der Waals surface area (Å²) >= 11 is 0. The predicted molar refractivity (Wildman–Crippen MR) is 48.8 cm³/mol. The van der Waals surface area contributed by atoms with Gasteiger partial charge in [0.2, 0.25) is 0 Å². The molecular formula is C10H18N2. The van der Waals surface area contributed by atoms with Gasteiger partial charge in [-0.25, -0.2) is 0 Å². The van der Waals surface area contributed by atoms with Gasteiger partial charge in [-0.3, -0.25) is 4.90 Å². The molecule has 0 aromatic carbocycles. The van der Waals surface area contributed by atoms with E-state index in [-0.39, 0.29) is 0 Å². The Balaban J connectivity index is 1.62. The first-order valence-corrected chi connectivity index (χ1v) is 5.32. The monoisotopic (exact) mass is 166 g/mol. The van der Waals surface area contributed by atoms with Gasteiger partial charge in [-0.2, -0.15) is 0 Å². The minimum Gasteiger partial charge on any atom is -0.327 e. The van der Waals surface area contributed by atoms with Crippen molar-refractivity contribution in [2.75, 3.05) is 13.1 Å². The second kappa shape index (κ2) is 2.46. The quantitative estimate of drug-likeness (QED) is 0.658. The summed E-state index contributed by atoms with van der Waals surface area (Å²) in [7, 11) is 0. The Morgan fingerprint density at radius 2 is 2.08 bits per heavy atom. The molecular weight excluding hydrogens is 148 g/mol. The van der Waals surface area contributed by atoms with Crippen molar-refractivity contribution in [3.05, 3.63) is 0 Å². The Hall–Kier alpha value is -0.0800. The van der Waals surface area contributed by atoms with Crippen molar-refractivity contribution in [1.29, 1.82) is 0 Å². The first-order chi connectivity index (χ1) is 5.83. The number of rotatable bonds is 2. The van der Waals surface area contributed by atoms with Crippen LogP contribution in [0.5, 0.6) is 0 Å². The van der Waals surface area contributed by atoms with E-state index in [1.165, 1.54) is 38.8 Å².